The highest BCUT2D eigenvalue weighted by Crippen LogP contribution is 2.17. The Balaban J connectivity index is 3.00. The molecule has 0 aliphatic carbocycles. The van der Waals surface area contributed by atoms with E-state index in [1.54, 1.807) is 0 Å². The standard InChI is InChI=1S/C8H8NO3/c10-6-5-7-3-1-2-4-8(7)9(11)12/h2-4,10H,5-6H2. The molecule has 0 heterocycles. The first-order chi connectivity index (χ1) is 5.75. The third-order valence-electron chi connectivity index (χ3n) is 1.50. The molecule has 12 heavy (non-hydrogen) atoms. The van der Waals surface area contributed by atoms with Gasteiger partial charge in [-0.05, 0) is 18.2 Å². The molecular formula is C8H8NO3. The van der Waals surface area contributed by atoms with Crippen LogP contribution >= 0.6 is 0 Å². The lowest BCUT2D eigenvalue weighted by atomic mass is 10.1. The van der Waals surface area contributed by atoms with E-state index in [0.717, 1.165) is 0 Å². The third-order valence-corrected chi connectivity index (χ3v) is 1.50. The second kappa shape index (κ2) is 3.82. The SMILES string of the molecule is O=[N+]([O-])c1cc[c]cc1CCO. The van der Waals surface area contributed by atoms with Gasteiger partial charge < -0.3 is 5.11 Å². The van der Waals surface area contributed by atoms with Crippen molar-refractivity contribution < 1.29 is 10.0 Å². The van der Waals surface area contributed by atoms with Crippen LogP contribution in [0.15, 0.2) is 18.2 Å². The Morgan fingerprint density at radius 3 is 3.00 bits per heavy atom. The normalized spacial score (nSPS) is 9.75. The van der Waals surface area contributed by atoms with E-state index in [9.17, 15) is 10.1 Å². The lowest BCUT2D eigenvalue weighted by Gasteiger charge is -1.98. The van der Waals surface area contributed by atoms with Gasteiger partial charge >= 0.3 is 0 Å². The van der Waals surface area contributed by atoms with Gasteiger partial charge in [-0.3, -0.25) is 10.1 Å². The fraction of sp³-hybridized carbons (Fsp3) is 0.250. The van der Waals surface area contributed by atoms with Crippen LogP contribution in [0.25, 0.3) is 0 Å². The highest BCUT2D eigenvalue weighted by Gasteiger charge is 2.10. The van der Waals surface area contributed by atoms with Gasteiger partial charge in [-0.15, -0.1) is 0 Å². The van der Waals surface area contributed by atoms with Crippen molar-refractivity contribution >= 4 is 5.69 Å². The molecule has 4 nitrogen and oxygen atoms in total. The molecule has 0 atom stereocenters. The minimum absolute atomic E-state index is 0.0443. The summed E-state index contributed by atoms with van der Waals surface area (Å²) >= 11 is 0. The van der Waals surface area contributed by atoms with Gasteiger partial charge in [0.15, 0.2) is 0 Å². The predicted molar refractivity (Wildman–Crippen MR) is 42.7 cm³/mol. The first-order valence-corrected chi connectivity index (χ1v) is 3.50. The van der Waals surface area contributed by atoms with Crippen molar-refractivity contribution in [2.24, 2.45) is 0 Å². The first-order valence-electron chi connectivity index (χ1n) is 3.50. The van der Waals surface area contributed by atoms with Crippen LogP contribution in [-0.2, 0) is 6.42 Å². The molecule has 0 bridgehead atoms. The highest BCUT2D eigenvalue weighted by atomic mass is 16.6. The van der Waals surface area contributed by atoms with Crippen LogP contribution < -0.4 is 0 Å². The Hall–Kier alpha value is -1.42. The summed E-state index contributed by atoms with van der Waals surface area (Å²) in [6.45, 7) is -0.0846. The monoisotopic (exact) mass is 166 g/mol. The summed E-state index contributed by atoms with van der Waals surface area (Å²) in [7, 11) is 0. The second-order valence-electron chi connectivity index (χ2n) is 2.29. The Kier molecular flexibility index (Phi) is 2.76. The first kappa shape index (κ1) is 8.67. The number of benzene rings is 1. The zero-order chi connectivity index (χ0) is 8.97. The van der Waals surface area contributed by atoms with E-state index in [4.69, 9.17) is 5.11 Å². The summed E-state index contributed by atoms with van der Waals surface area (Å²) in [5, 5.41) is 19.0. The molecule has 4 heteroatoms. The average molecular weight is 166 g/mol. The molecule has 0 spiro atoms. The van der Waals surface area contributed by atoms with Crippen molar-refractivity contribution in [2.75, 3.05) is 6.61 Å². The molecular weight excluding hydrogens is 158 g/mol. The molecule has 0 amide bonds. The van der Waals surface area contributed by atoms with E-state index >= 15 is 0 Å². The van der Waals surface area contributed by atoms with Crippen LogP contribution in [0.3, 0.4) is 0 Å². The van der Waals surface area contributed by atoms with Crippen molar-refractivity contribution in [2.45, 2.75) is 6.42 Å². The third kappa shape index (κ3) is 1.79. The van der Waals surface area contributed by atoms with E-state index in [2.05, 4.69) is 6.07 Å². The van der Waals surface area contributed by atoms with Gasteiger partial charge in [0.05, 0.1) is 4.92 Å². The number of hydrogen-bond acceptors (Lipinski definition) is 3. The maximum atomic E-state index is 10.4. The molecule has 1 radical (unpaired) electrons. The molecule has 63 valence electrons. The molecule has 0 fully saturated rings. The van der Waals surface area contributed by atoms with Gasteiger partial charge in [0.25, 0.3) is 5.69 Å². The van der Waals surface area contributed by atoms with E-state index in [0.29, 0.717) is 12.0 Å². The minimum atomic E-state index is -0.459. The van der Waals surface area contributed by atoms with Crippen LogP contribution in [0, 0.1) is 16.2 Å². The Labute approximate surface area is 69.6 Å². The smallest absolute Gasteiger partial charge is 0.272 e. The molecule has 0 saturated carbocycles. The molecule has 1 N–H and O–H groups in total. The molecule has 0 saturated heterocycles. The van der Waals surface area contributed by atoms with Crippen molar-refractivity contribution in [3.8, 4) is 0 Å². The van der Waals surface area contributed by atoms with E-state index in [1.807, 2.05) is 0 Å². The predicted octanol–water partition coefficient (Wildman–Crippen LogP) is 0.930. The van der Waals surface area contributed by atoms with Crippen molar-refractivity contribution in [1.82, 2.24) is 0 Å². The van der Waals surface area contributed by atoms with E-state index < -0.39 is 4.92 Å². The van der Waals surface area contributed by atoms with Crippen LogP contribution in [0.1, 0.15) is 5.56 Å². The van der Waals surface area contributed by atoms with Gasteiger partial charge in [-0.2, -0.15) is 0 Å². The van der Waals surface area contributed by atoms with Crippen molar-refractivity contribution in [3.63, 3.8) is 0 Å². The average Bonchev–Trinajstić information content (AvgIpc) is 2.05. The van der Waals surface area contributed by atoms with Gasteiger partial charge in [0, 0.05) is 24.7 Å². The lowest BCUT2D eigenvalue weighted by molar-refractivity contribution is -0.385. The fourth-order valence-electron chi connectivity index (χ4n) is 0.956. The summed E-state index contributed by atoms with van der Waals surface area (Å²) in [5.41, 5.74) is 0.563. The molecule has 1 aromatic rings. The largest absolute Gasteiger partial charge is 0.396 e. The summed E-state index contributed by atoms with van der Waals surface area (Å²) in [6, 6.07) is 7.11. The summed E-state index contributed by atoms with van der Waals surface area (Å²) in [4.78, 5) is 9.95. The number of nitro benzene ring substituents is 1. The zero-order valence-corrected chi connectivity index (χ0v) is 6.36. The van der Waals surface area contributed by atoms with Crippen molar-refractivity contribution in [1.29, 1.82) is 0 Å². The van der Waals surface area contributed by atoms with Crippen LogP contribution in [0.4, 0.5) is 5.69 Å². The number of nitro groups is 1. The summed E-state index contributed by atoms with van der Waals surface area (Å²) in [5.74, 6) is 0. The maximum absolute atomic E-state index is 10.4. The molecule has 0 aliphatic heterocycles. The summed E-state index contributed by atoms with van der Waals surface area (Å²) in [6.07, 6.45) is 0.299. The lowest BCUT2D eigenvalue weighted by Crippen LogP contribution is -1.97. The topological polar surface area (TPSA) is 63.4 Å². The Morgan fingerprint density at radius 1 is 1.67 bits per heavy atom. The van der Waals surface area contributed by atoms with Crippen molar-refractivity contribution in [3.05, 3.63) is 39.9 Å². The van der Waals surface area contributed by atoms with Crippen LogP contribution in [-0.4, -0.2) is 16.6 Å². The van der Waals surface area contributed by atoms with E-state index in [-0.39, 0.29) is 12.3 Å². The minimum Gasteiger partial charge on any atom is -0.396 e. The summed E-state index contributed by atoms with van der Waals surface area (Å²) < 4.78 is 0. The van der Waals surface area contributed by atoms with Gasteiger partial charge in [-0.1, -0.05) is 0 Å². The fourth-order valence-corrected chi connectivity index (χ4v) is 0.956. The quantitative estimate of drug-likeness (QED) is 0.536. The number of hydrogen-bond donors (Lipinski definition) is 1. The highest BCUT2D eigenvalue weighted by molar-refractivity contribution is 5.39. The van der Waals surface area contributed by atoms with Gasteiger partial charge in [0.2, 0.25) is 0 Å². The zero-order valence-electron chi connectivity index (χ0n) is 6.36. The van der Waals surface area contributed by atoms with Gasteiger partial charge in [0.1, 0.15) is 0 Å². The molecule has 0 aliphatic rings. The molecule has 1 rings (SSSR count). The molecule has 0 unspecified atom stereocenters. The Bertz CT molecular complexity index is 285. The second-order valence-corrected chi connectivity index (χ2v) is 2.29. The Morgan fingerprint density at radius 2 is 2.42 bits per heavy atom. The maximum Gasteiger partial charge on any atom is 0.272 e. The molecule has 0 aromatic heterocycles. The van der Waals surface area contributed by atoms with Crippen LogP contribution in [0.5, 0.6) is 0 Å². The number of aliphatic hydroxyl groups excluding tert-OH is 1. The van der Waals surface area contributed by atoms with Gasteiger partial charge in [-0.25, -0.2) is 0 Å². The van der Waals surface area contributed by atoms with E-state index in [1.165, 1.54) is 18.2 Å². The molecule has 1 aromatic carbocycles. The van der Waals surface area contributed by atoms with Crippen LogP contribution in [0.2, 0.25) is 0 Å². The number of rotatable bonds is 3. The number of nitrogens with zero attached hydrogens (tertiary/aromatic N) is 1. The number of aliphatic hydroxyl groups is 1.